The number of morpholine rings is 1. The smallest absolute Gasteiger partial charge is 0.231 e. The Morgan fingerprint density at radius 3 is 3.06 bits per heavy atom. The zero-order valence-electron chi connectivity index (χ0n) is 17.9. The number of likely N-dealkylation sites (N-methyl/N-ethyl adjacent to an activating group) is 1. The molecular weight excluding hydrogens is 412 g/mol. The average molecular weight is 438 g/mol. The van der Waals surface area contributed by atoms with Crippen molar-refractivity contribution in [3.8, 4) is 17.3 Å². The van der Waals surface area contributed by atoms with Crippen molar-refractivity contribution < 1.29 is 19.0 Å². The molecule has 1 aliphatic rings. The number of pyridine rings is 1. The number of ether oxygens (including phenoxy) is 2. The third-order valence-electron chi connectivity index (χ3n) is 5.50. The van der Waals surface area contributed by atoms with Crippen LogP contribution in [0, 0.1) is 0 Å². The van der Waals surface area contributed by atoms with E-state index in [1.165, 1.54) is 0 Å². The van der Waals surface area contributed by atoms with E-state index < -0.39 is 0 Å². The summed E-state index contributed by atoms with van der Waals surface area (Å²) >= 11 is 0. The maximum Gasteiger partial charge on any atom is 0.231 e. The zero-order chi connectivity index (χ0) is 21.9. The summed E-state index contributed by atoms with van der Waals surface area (Å²) in [5.74, 6) is 1.92. The van der Waals surface area contributed by atoms with Gasteiger partial charge in [0.05, 0.1) is 37.4 Å². The van der Waals surface area contributed by atoms with E-state index in [-0.39, 0.29) is 12.6 Å². The molecule has 5 heterocycles. The maximum absolute atomic E-state index is 9.39. The highest BCUT2D eigenvalue weighted by Crippen LogP contribution is 2.33. The molecule has 1 saturated heterocycles. The normalized spacial score (nSPS) is 16.6. The minimum Gasteiger partial charge on any atom is -0.475 e. The molecule has 1 aliphatic heterocycles. The van der Waals surface area contributed by atoms with Crippen LogP contribution in [0.3, 0.4) is 0 Å². The minimum absolute atomic E-state index is 0.0546. The molecule has 0 unspecified atom stereocenters. The lowest BCUT2D eigenvalue weighted by Crippen LogP contribution is -2.44. The topological polar surface area (TPSA) is 110 Å². The summed E-state index contributed by atoms with van der Waals surface area (Å²) in [6.45, 7) is 5.96. The molecule has 4 aromatic rings. The molecule has 0 aromatic carbocycles. The van der Waals surface area contributed by atoms with E-state index in [0.717, 1.165) is 36.6 Å². The molecule has 168 valence electrons. The lowest BCUT2D eigenvalue weighted by atomic mass is 10.2. The van der Waals surface area contributed by atoms with Crippen molar-refractivity contribution >= 4 is 22.4 Å². The number of aliphatic hydroxyl groups is 1. The van der Waals surface area contributed by atoms with Crippen molar-refractivity contribution in [2.45, 2.75) is 13.0 Å². The molecule has 32 heavy (non-hydrogen) atoms. The highest BCUT2D eigenvalue weighted by molar-refractivity contribution is 5.91. The molecule has 1 atom stereocenters. The van der Waals surface area contributed by atoms with E-state index >= 15 is 0 Å². The second-order valence-electron chi connectivity index (χ2n) is 7.58. The van der Waals surface area contributed by atoms with Crippen molar-refractivity contribution in [3.05, 3.63) is 36.7 Å². The van der Waals surface area contributed by atoms with Crippen LogP contribution in [0.25, 0.3) is 28.1 Å². The number of hydrogen-bond acceptors (Lipinski definition) is 9. The van der Waals surface area contributed by atoms with Gasteiger partial charge in [-0.2, -0.15) is 0 Å². The average Bonchev–Trinajstić information content (AvgIpc) is 3.45. The first-order valence-electron chi connectivity index (χ1n) is 10.8. The summed E-state index contributed by atoms with van der Waals surface area (Å²) < 4.78 is 19.2. The summed E-state index contributed by atoms with van der Waals surface area (Å²) in [7, 11) is 0. The Morgan fingerprint density at radius 2 is 2.25 bits per heavy atom. The molecule has 2 N–H and O–H groups in total. The van der Waals surface area contributed by atoms with E-state index in [2.05, 4.69) is 20.4 Å². The molecule has 10 nitrogen and oxygen atoms in total. The Morgan fingerprint density at radius 1 is 1.31 bits per heavy atom. The molecule has 0 spiro atoms. The van der Waals surface area contributed by atoms with E-state index in [1.54, 1.807) is 16.9 Å². The SMILES string of the molecule is CCN(CCO)c1nccc2oc(-c3cnc4ccc(OC[C@@H]5COCCN5)nn34)cc12. The summed E-state index contributed by atoms with van der Waals surface area (Å²) in [4.78, 5) is 11.0. The van der Waals surface area contributed by atoms with Gasteiger partial charge in [0.25, 0.3) is 0 Å². The summed E-state index contributed by atoms with van der Waals surface area (Å²) in [5.41, 5.74) is 2.13. The van der Waals surface area contributed by atoms with Crippen molar-refractivity contribution in [3.63, 3.8) is 0 Å². The molecule has 0 aliphatic carbocycles. The van der Waals surface area contributed by atoms with Crippen molar-refractivity contribution in [1.29, 1.82) is 0 Å². The molecular formula is C22H26N6O4. The largest absolute Gasteiger partial charge is 0.475 e. The van der Waals surface area contributed by atoms with Gasteiger partial charge in [-0.05, 0) is 25.1 Å². The number of aliphatic hydroxyl groups excluding tert-OH is 1. The van der Waals surface area contributed by atoms with Crippen molar-refractivity contribution in [1.82, 2.24) is 24.9 Å². The van der Waals surface area contributed by atoms with E-state index in [4.69, 9.17) is 13.9 Å². The number of imidazole rings is 1. The highest BCUT2D eigenvalue weighted by atomic mass is 16.5. The molecule has 0 radical (unpaired) electrons. The quantitative estimate of drug-likeness (QED) is 0.425. The number of nitrogens with zero attached hydrogens (tertiary/aromatic N) is 5. The number of furan rings is 1. The first kappa shape index (κ1) is 20.7. The Kier molecular flexibility index (Phi) is 5.89. The number of anilines is 1. The van der Waals surface area contributed by atoms with Gasteiger partial charge in [-0.3, -0.25) is 0 Å². The lowest BCUT2D eigenvalue weighted by Gasteiger charge is -2.23. The Labute approximate surface area is 184 Å². The van der Waals surface area contributed by atoms with Gasteiger partial charge in [0.1, 0.15) is 23.7 Å². The molecule has 10 heteroatoms. The fourth-order valence-electron chi connectivity index (χ4n) is 3.88. The van der Waals surface area contributed by atoms with Gasteiger partial charge in [-0.15, -0.1) is 5.10 Å². The number of hydrogen-bond donors (Lipinski definition) is 2. The molecule has 1 fully saturated rings. The molecule has 5 rings (SSSR count). The van der Waals surface area contributed by atoms with Gasteiger partial charge in [0.2, 0.25) is 5.88 Å². The number of rotatable bonds is 8. The molecule has 0 saturated carbocycles. The van der Waals surface area contributed by atoms with Crippen LogP contribution >= 0.6 is 0 Å². The third kappa shape index (κ3) is 3.99. The first-order chi connectivity index (χ1) is 15.8. The second-order valence-corrected chi connectivity index (χ2v) is 7.58. The van der Waals surface area contributed by atoms with Crippen LogP contribution in [0.5, 0.6) is 5.88 Å². The van der Waals surface area contributed by atoms with Crippen LogP contribution in [-0.4, -0.2) is 76.8 Å². The third-order valence-corrected chi connectivity index (χ3v) is 5.50. The standard InChI is InChI=1S/C22H26N6O4/c1-2-27(8-9-29)22-16-11-19(32-18(16)5-6-24-22)17-12-25-20-3-4-21(26-28(17)20)31-14-15-13-30-10-7-23-15/h3-6,11-12,15,23,29H,2,7-10,13-14H2,1H3/t15-/m0/s1. The van der Waals surface area contributed by atoms with E-state index in [0.29, 0.717) is 42.6 Å². The molecule has 0 bridgehead atoms. The zero-order valence-corrected chi connectivity index (χ0v) is 17.9. The fourth-order valence-corrected chi connectivity index (χ4v) is 3.88. The maximum atomic E-state index is 9.39. The summed E-state index contributed by atoms with van der Waals surface area (Å²) in [5, 5.41) is 18.2. The van der Waals surface area contributed by atoms with Crippen molar-refractivity contribution in [2.75, 3.05) is 51.0 Å². The van der Waals surface area contributed by atoms with Crippen LogP contribution in [0.4, 0.5) is 5.82 Å². The van der Waals surface area contributed by atoms with Crippen LogP contribution in [0.2, 0.25) is 0 Å². The summed E-state index contributed by atoms with van der Waals surface area (Å²) in [6, 6.07) is 7.60. The fraction of sp³-hybridized carbons (Fsp3) is 0.409. The van der Waals surface area contributed by atoms with Crippen LogP contribution in [-0.2, 0) is 4.74 Å². The number of fused-ring (bicyclic) bond motifs is 2. The number of nitrogens with one attached hydrogen (secondary N) is 1. The summed E-state index contributed by atoms with van der Waals surface area (Å²) in [6.07, 6.45) is 3.45. The lowest BCUT2D eigenvalue weighted by molar-refractivity contribution is 0.0583. The Balaban J connectivity index is 1.46. The van der Waals surface area contributed by atoms with Gasteiger partial charge in [0.15, 0.2) is 11.4 Å². The van der Waals surface area contributed by atoms with Gasteiger partial charge < -0.3 is 29.2 Å². The van der Waals surface area contributed by atoms with Gasteiger partial charge >= 0.3 is 0 Å². The highest BCUT2D eigenvalue weighted by Gasteiger charge is 2.18. The van der Waals surface area contributed by atoms with Crippen LogP contribution in [0.15, 0.2) is 41.1 Å². The Bertz CT molecular complexity index is 1200. The molecule has 4 aromatic heterocycles. The second kappa shape index (κ2) is 9.11. The van der Waals surface area contributed by atoms with E-state index in [9.17, 15) is 5.11 Å². The Hall–Kier alpha value is -3.21. The van der Waals surface area contributed by atoms with E-state index in [1.807, 2.05) is 36.1 Å². The predicted octanol–water partition coefficient (Wildman–Crippen LogP) is 1.72. The van der Waals surface area contributed by atoms with Crippen LogP contribution < -0.4 is 15.0 Å². The van der Waals surface area contributed by atoms with Crippen LogP contribution in [0.1, 0.15) is 6.92 Å². The van der Waals surface area contributed by atoms with Gasteiger partial charge in [0, 0.05) is 31.9 Å². The monoisotopic (exact) mass is 438 g/mol. The molecule has 0 amide bonds. The van der Waals surface area contributed by atoms with Gasteiger partial charge in [-0.1, -0.05) is 0 Å². The number of aromatic nitrogens is 4. The van der Waals surface area contributed by atoms with Crippen molar-refractivity contribution in [2.24, 2.45) is 0 Å². The predicted molar refractivity (Wildman–Crippen MR) is 119 cm³/mol. The minimum atomic E-state index is 0.0546. The van der Waals surface area contributed by atoms with Gasteiger partial charge in [-0.25, -0.2) is 14.5 Å². The first-order valence-corrected chi connectivity index (χ1v) is 10.8.